The average Bonchev–Trinajstić information content (AvgIpc) is 2.67. The molecule has 2 rings (SSSR count). The van der Waals surface area contributed by atoms with E-state index in [9.17, 15) is 0 Å². The summed E-state index contributed by atoms with van der Waals surface area (Å²) in [5.74, 6) is 0.989. The van der Waals surface area contributed by atoms with Crippen LogP contribution < -0.4 is 10.1 Å². The van der Waals surface area contributed by atoms with Crippen molar-refractivity contribution in [3.8, 4) is 5.75 Å². The largest absolute Gasteiger partial charge is 0.490 e. The van der Waals surface area contributed by atoms with Crippen molar-refractivity contribution in [2.75, 3.05) is 0 Å². The van der Waals surface area contributed by atoms with Gasteiger partial charge in [0.05, 0.1) is 6.10 Å². The van der Waals surface area contributed by atoms with Gasteiger partial charge in [0.2, 0.25) is 0 Å². The molecule has 0 amide bonds. The molecule has 1 saturated carbocycles. The topological polar surface area (TPSA) is 21.3 Å². The Morgan fingerprint density at radius 3 is 2.43 bits per heavy atom. The van der Waals surface area contributed by atoms with Crippen LogP contribution in [0.2, 0.25) is 5.02 Å². The maximum absolute atomic E-state index is 6.29. The lowest BCUT2D eigenvalue weighted by Gasteiger charge is -2.23. The first-order valence-corrected chi connectivity index (χ1v) is 8.52. The van der Waals surface area contributed by atoms with Crippen LogP contribution in [0.3, 0.4) is 0 Å². The van der Waals surface area contributed by atoms with Crippen molar-refractivity contribution in [1.82, 2.24) is 5.32 Å². The summed E-state index contributed by atoms with van der Waals surface area (Å²) >= 11 is 6.15. The van der Waals surface area contributed by atoms with Crippen LogP contribution in [0.25, 0.3) is 0 Å². The first-order chi connectivity index (χ1) is 9.94. The minimum Gasteiger partial charge on any atom is -0.490 e. The molecule has 2 nitrogen and oxygen atoms in total. The van der Waals surface area contributed by atoms with Crippen molar-refractivity contribution in [3.63, 3.8) is 0 Å². The van der Waals surface area contributed by atoms with Crippen LogP contribution in [-0.4, -0.2) is 11.6 Å². The highest BCUT2D eigenvalue weighted by Crippen LogP contribution is 2.28. The molecule has 21 heavy (non-hydrogen) atoms. The highest BCUT2D eigenvalue weighted by atomic mass is 35.5. The Balaban J connectivity index is 2.06. The maximum atomic E-state index is 6.29. The Hall–Kier alpha value is -0.730. The highest BCUT2D eigenvalue weighted by molar-refractivity contribution is 6.30. The van der Waals surface area contributed by atoms with E-state index >= 15 is 0 Å². The molecule has 0 aliphatic heterocycles. The molecular weight excluding hydrogens is 282 g/mol. The second-order valence-electron chi connectivity index (χ2n) is 7.09. The van der Waals surface area contributed by atoms with Gasteiger partial charge in [-0.3, -0.25) is 0 Å². The number of halogens is 1. The molecule has 1 fully saturated rings. The lowest BCUT2D eigenvalue weighted by Crippen LogP contribution is -2.35. The van der Waals surface area contributed by atoms with E-state index in [2.05, 4.69) is 26.1 Å². The molecule has 0 spiro atoms. The minimum atomic E-state index is 0.0852. The predicted octanol–water partition coefficient (Wildman–Crippen LogP) is 5.33. The van der Waals surface area contributed by atoms with Crippen LogP contribution in [-0.2, 0) is 6.54 Å². The maximum Gasteiger partial charge on any atom is 0.124 e. The zero-order valence-electron chi connectivity index (χ0n) is 13.5. The van der Waals surface area contributed by atoms with Crippen molar-refractivity contribution in [2.24, 2.45) is 0 Å². The van der Waals surface area contributed by atoms with E-state index in [1.54, 1.807) is 0 Å². The summed E-state index contributed by atoms with van der Waals surface area (Å²) in [5, 5.41) is 4.29. The van der Waals surface area contributed by atoms with E-state index in [1.165, 1.54) is 38.5 Å². The zero-order chi connectivity index (χ0) is 15.3. The van der Waals surface area contributed by atoms with Crippen molar-refractivity contribution < 1.29 is 4.74 Å². The van der Waals surface area contributed by atoms with Crippen LogP contribution in [0.15, 0.2) is 18.2 Å². The molecule has 0 bridgehead atoms. The highest BCUT2D eigenvalue weighted by Gasteiger charge is 2.17. The number of hydrogen-bond donors (Lipinski definition) is 1. The molecule has 0 saturated heterocycles. The van der Waals surface area contributed by atoms with Gasteiger partial charge in [-0.25, -0.2) is 0 Å². The third kappa shape index (κ3) is 5.88. The first-order valence-electron chi connectivity index (χ1n) is 8.14. The summed E-state index contributed by atoms with van der Waals surface area (Å²) < 4.78 is 6.29. The van der Waals surface area contributed by atoms with E-state index in [4.69, 9.17) is 16.3 Å². The third-order valence-electron chi connectivity index (χ3n) is 3.93. The van der Waals surface area contributed by atoms with Gasteiger partial charge in [-0.05, 0) is 64.7 Å². The molecule has 0 atom stereocenters. The molecule has 1 aromatic carbocycles. The van der Waals surface area contributed by atoms with Gasteiger partial charge < -0.3 is 10.1 Å². The number of rotatable bonds is 4. The molecule has 0 aromatic heterocycles. The normalized spacial score (nSPS) is 17.5. The van der Waals surface area contributed by atoms with Crippen LogP contribution in [0, 0.1) is 0 Å². The molecule has 1 N–H and O–H groups in total. The Morgan fingerprint density at radius 1 is 1.14 bits per heavy atom. The van der Waals surface area contributed by atoms with E-state index in [1.807, 2.05) is 18.2 Å². The molecule has 3 heteroatoms. The fourth-order valence-corrected chi connectivity index (χ4v) is 2.90. The second kappa shape index (κ2) is 7.51. The summed E-state index contributed by atoms with van der Waals surface area (Å²) in [7, 11) is 0. The van der Waals surface area contributed by atoms with E-state index in [0.29, 0.717) is 6.10 Å². The van der Waals surface area contributed by atoms with Gasteiger partial charge in [0.25, 0.3) is 0 Å². The van der Waals surface area contributed by atoms with E-state index in [0.717, 1.165) is 22.9 Å². The molecule has 0 unspecified atom stereocenters. The molecule has 1 aromatic rings. The summed E-state index contributed by atoms with van der Waals surface area (Å²) in [6.07, 6.45) is 7.98. The van der Waals surface area contributed by atoms with Crippen molar-refractivity contribution >= 4 is 11.6 Å². The summed E-state index contributed by atoms with van der Waals surface area (Å²) in [5.41, 5.74) is 1.24. The van der Waals surface area contributed by atoms with Gasteiger partial charge in [0, 0.05) is 22.7 Å². The molecule has 1 aliphatic rings. The Bertz CT molecular complexity index is 445. The van der Waals surface area contributed by atoms with Crippen LogP contribution >= 0.6 is 11.6 Å². The second-order valence-corrected chi connectivity index (χ2v) is 7.52. The van der Waals surface area contributed by atoms with Gasteiger partial charge in [-0.1, -0.05) is 24.4 Å². The molecule has 0 radical (unpaired) electrons. The number of nitrogens with one attached hydrogen (secondary N) is 1. The number of benzene rings is 1. The van der Waals surface area contributed by atoms with E-state index in [-0.39, 0.29) is 5.54 Å². The smallest absolute Gasteiger partial charge is 0.124 e. The SMILES string of the molecule is CC(C)(C)NCc1cc(Cl)ccc1OC1CCCCCC1. The van der Waals surface area contributed by atoms with Crippen molar-refractivity contribution in [3.05, 3.63) is 28.8 Å². The predicted molar refractivity (Wildman–Crippen MR) is 90.2 cm³/mol. The Kier molecular flexibility index (Phi) is 5.95. The van der Waals surface area contributed by atoms with Crippen molar-refractivity contribution in [1.29, 1.82) is 0 Å². The fourth-order valence-electron chi connectivity index (χ4n) is 2.70. The van der Waals surface area contributed by atoms with Gasteiger partial charge in [0.15, 0.2) is 0 Å². The fraction of sp³-hybridized carbons (Fsp3) is 0.667. The molecule has 118 valence electrons. The summed E-state index contributed by atoms with van der Waals surface area (Å²) in [4.78, 5) is 0. The third-order valence-corrected chi connectivity index (χ3v) is 4.16. The Labute approximate surface area is 134 Å². The zero-order valence-corrected chi connectivity index (χ0v) is 14.3. The van der Waals surface area contributed by atoms with Crippen LogP contribution in [0.4, 0.5) is 0 Å². The average molecular weight is 310 g/mol. The molecule has 1 aliphatic carbocycles. The number of hydrogen-bond acceptors (Lipinski definition) is 2. The van der Waals surface area contributed by atoms with Gasteiger partial charge in [0.1, 0.15) is 5.75 Å². The molecular formula is C18H28ClNO. The lowest BCUT2D eigenvalue weighted by atomic mass is 10.1. The summed E-state index contributed by atoms with van der Waals surface area (Å²) in [6.45, 7) is 7.29. The quantitative estimate of drug-likeness (QED) is 0.759. The molecule has 0 heterocycles. The van der Waals surface area contributed by atoms with Gasteiger partial charge >= 0.3 is 0 Å². The van der Waals surface area contributed by atoms with Gasteiger partial charge in [-0.2, -0.15) is 0 Å². The van der Waals surface area contributed by atoms with Crippen LogP contribution in [0.1, 0.15) is 64.9 Å². The van der Waals surface area contributed by atoms with E-state index < -0.39 is 0 Å². The Morgan fingerprint density at radius 2 is 1.81 bits per heavy atom. The van der Waals surface area contributed by atoms with Crippen molar-refractivity contribution in [2.45, 2.75) is 77.5 Å². The monoisotopic (exact) mass is 309 g/mol. The standard InChI is InChI=1S/C18H28ClNO/c1-18(2,3)20-13-14-12-15(19)10-11-17(14)21-16-8-6-4-5-7-9-16/h10-12,16,20H,4-9,13H2,1-3H3. The number of ether oxygens (including phenoxy) is 1. The first kappa shape index (κ1) is 16.6. The minimum absolute atomic E-state index is 0.0852. The van der Waals surface area contributed by atoms with Crippen LogP contribution in [0.5, 0.6) is 5.75 Å². The van der Waals surface area contributed by atoms with Gasteiger partial charge in [-0.15, -0.1) is 0 Å². The summed E-state index contributed by atoms with van der Waals surface area (Å²) in [6, 6.07) is 5.97. The lowest BCUT2D eigenvalue weighted by molar-refractivity contribution is 0.181.